The minimum absolute atomic E-state index is 0.0332. The van der Waals surface area contributed by atoms with Gasteiger partial charge in [0.25, 0.3) is 0 Å². The predicted octanol–water partition coefficient (Wildman–Crippen LogP) is 5.12. The lowest BCUT2D eigenvalue weighted by Crippen LogP contribution is -2.38. The molecule has 0 spiro atoms. The molecule has 1 nitrogen and oxygen atoms in total. The number of benzene rings is 1. The zero-order chi connectivity index (χ0) is 13.7. The van der Waals surface area contributed by atoms with E-state index in [0.29, 0.717) is 12.2 Å². The summed E-state index contributed by atoms with van der Waals surface area (Å²) < 4.78 is 20.7. The van der Waals surface area contributed by atoms with E-state index >= 15 is 0 Å². The van der Waals surface area contributed by atoms with Gasteiger partial charge in [0.05, 0.1) is 12.2 Å². The molecule has 1 aliphatic carbocycles. The number of rotatable bonds is 5. The van der Waals surface area contributed by atoms with Crippen LogP contribution in [0.3, 0.4) is 0 Å². The minimum Gasteiger partial charge on any atom is -0.369 e. The highest BCUT2D eigenvalue weighted by Crippen LogP contribution is 2.38. The van der Waals surface area contributed by atoms with Crippen molar-refractivity contribution in [3.05, 3.63) is 35.6 Å². The average molecular weight is 376 g/mol. The number of ether oxygens (including phenoxy) is 1. The molecule has 1 saturated carbocycles. The molecule has 0 amide bonds. The fourth-order valence-corrected chi connectivity index (χ4v) is 3.76. The van der Waals surface area contributed by atoms with Gasteiger partial charge in [-0.25, -0.2) is 4.39 Å². The second-order valence-corrected chi connectivity index (χ2v) is 6.31. The van der Waals surface area contributed by atoms with Crippen LogP contribution in [-0.2, 0) is 11.3 Å². The van der Waals surface area contributed by atoms with E-state index in [0.717, 1.165) is 23.2 Å². The van der Waals surface area contributed by atoms with Crippen molar-refractivity contribution < 1.29 is 9.13 Å². The van der Waals surface area contributed by atoms with Gasteiger partial charge in [-0.3, -0.25) is 0 Å². The first-order chi connectivity index (χ1) is 9.19. The van der Waals surface area contributed by atoms with Gasteiger partial charge in [-0.1, -0.05) is 54.1 Å². The first-order valence-electron chi connectivity index (χ1n) is 7.12. The first kappa shape index (κ1) is 15.2. The molecule has 19 heavy (non-hydrogen) atoms. The molecule has 0 N–H and O–H groups in total. The highest BCUT2D eigenvalue weighted by molar-refractivity contribution is 14.1. The van der Waals surface area contributed by atoms with Crippen LogP contribution in [0.1, 0.15) is 44.6 Å². The topological polar surface area (TPSA) is 9.23 Å². The van der Waals surface area contributed by atoms with Crippen LogP contribution in [0, 0.1) is 11.7 Å². The fourth-order valence-electron chi connectivity index (χ4n) is 2.77. The summed E-state index contributed by atoms with van der Waals surface area (Å²) in [5.74, 6) is 0.696. The Morgan fingerprint density at radius 3 is 2.58 bits per heavy atom. The number of hydrogen-bond acceptors (Lipinski definition) is 1. The molecular weight excluding hydrogens is 354 g/mol. The van der Waals surface area contributed by atoms with E-state index in [2.05, 4.69) is 29.5 Å². The molecule has 1 aliphatic rings. The summed E-state index contributed by atoms with van der Waals surface area (Å²) in [5, 5.41) is 0. The summed E-state index contributed by atoms with van der Waals surface area (Å²) >= 11 is 2.41. The van der Waals surface area contributed by atoms with E-state index in [-0.39, 0.29) is 11.4 Å². The Morgan fingerprint density at radius 2 is 2.00 bits per heavy atom. The smallest absolute Gasteiger partial charge is 0.128 e. The van der Waals surface area contributed by atoms with Crippen LogP contribution in [0.2, 0.25) is 0 Å². The summed E-state index contributed by atoms with van der Waals surface area (Å²) in [6, 6.07) is 6.91. The maximum Gasteiger partial charge on any atom is 0.128 e. The summed E-state index contributed by atoms with van der Waals surface area (Å²) in [4.78, 5) is 0. The molecule has 1 aromatic rings. The third-order valence-electron chi connectivity index (χ3n) is 4.33. The van der Waals surface area contributed by atoms with Crippen LogP contribution in [0.5, 0.6) is 0 Å². The molecule has 0 heterocycles. The molecule has 0 saturated heterocycles. The highest BCUT2D eigenvalue weighted by Gasteiger charge is 2.34. The Labute approximate surface area is 129 Å². The largest absolute Gasteiger partial charge is 0.369 e. The van der Waals surface area contributed by atoms with Crippen LogP contribution < -0.4 is 0 Å². The average Bonchev–Trinajstić information content (AvgIpc) is 2.47. The van der Waals surface area contributed by atoms with Crippen molar-refractivity contribution in [2.24, 2.45) is 5.92 Å². The summed E-state index contributed by atoms with van der Waals surface area (Å²) in [6.45, 7) is 2.66. The third-order valence-corrected chi connectivity index (χ3v) is 5.72. The molecule has 0 radical (unpaired) electrons. The van der Waals surface area contributed by atoms with Gasteiger partial charge in [-0.15, -0.1) is 0 Å². The molecule has 1 aromatic carbocycles. The quantitative estimate of drug-likeness (QED) is 0.512. The van der Waals surface area contributed by atoms with Crippen LogP contribution in [0.25, 0.3) is 0 Å². The fraction of sp³-hybridized carbons (Fsp3) is 0.625. The van der Waals surface area contributed by atoms with Gasteiger partial charge in [0.15, 0.2) is 0 Å². The van der Waals surface area contributed by atoms with Crippen molar-refractivity contribution in [1.29, 1.82) is 0 Å². The molecule has 0 bridgehead atoms. The van der Waals surface area contributed by atoms with E-state index in [4.69, 9.17) is 4.74 Å². The highest BCUT2D eigenvalue weighted by atomic mass is 127. The van der Waals surface area contributed by atoms with E-state index in [9.17, 15) is 4.39 Å². The normalized spacial score (nSPS) is 27.4. The van der Waals surface area contributed by atoms with Crippen molar-refractivity contribution in [2.45, 2.75) is 51.2 Å². The van der Waals surface area contributed by atoms with Crippen molar-refractivity contribution in [1.82, 2.24) is 0 Å². The number of alkyl halides is 1. The van der Waals surface area contributed by atoms with Crippen LogP contribution in [0.4, 0.5) is 4.39 Å². The zero-order valence-electron chi connectivity index (χ0n) is 11.5. The zero-order valence-corrected chi connectivity index (χ0v) is 13.7. The molecule has 2 rings (SSSR count). The second-order valence-electron chi connectivity index (χ2n) is 5.55. The summed E-state index contributed by atoms with van der Waals surface area (Å²) in [6.07, 6.45) is 5.99. The first-order valence-corrected chi connectivity index (χ1v) is 8.65. The monoisotopic (exact) mass is 376 g/mol. The Morgan fingerprint density at radius 1 is 1.32 bits per heavy atom. The Hall–Kier alpha value is -0.160. The number of hydrogen-bond donors (Lipinski definition) is 0. The van der Waals surface area contributed by atoms with Gasteiger partial charge >= 0.3 is 0 Å². The Kier molecular flexibility index (Phi) is 5.63. The second kappa shape index (κ2) is 7.02. The van der Waals surface area contributed by atoms with Gasteiger partial charge in [0.2, 0.25) is 0 Å². The lowest BCUT2D eigenvalue weighted by atomic mass is 9.79. The number of halogens is 2. The Bertz CT molecular complexity index is 399. The molecule has 0 aromatic heterocycles. The van der Waals surface area contributed by atoms with E-state index in [1.165, 1.54) is 25.3 Å². The van der Waals surface area contributed by atoms with Crippen molar-refractivity contribution in [3.63, 3.8) is 0 Å². The van der Waals surface area contributed by atoms with Gasteiger partial charge < -0.3 is 4.74 Å². The SMILES string of the molecule is CCC1CCC(CI)(OCc2ccccc2F)CC1. The van der Waals surface area contributed by atoms with Gasteiger partial charge in [-0.2, -0.15) is 0 Å². The lowest BCUT2D eigenvalue weighted by molar-refractivity contribution is -0.0698. The van der Waals surface area contributed by atoms with E-state index < -0.39 is 0 Å². The van der Waals surface area contributed by atoms with E-state index in [1.807, 2.05) is 12.1 Å². The molecular formula is C16H22FIO. The van der Waals surface area contributed by atoms with Crippen LogP contribution >= 0.6 is 22.6 Å². The maximum absolute atomic E-state index is 13.6. The molecule has 0 atom stereocenters. The van der Waals surface area contributed by atoms with E-state index in [1.54, 1.807) is 6.07 Å². The van der Waals surface area contributed by atoms with Gasteiger partial charge in [-0.05, 0) is 37.7 Å². The van der Waals surface area contributed by atoms with Gasteiger partial charge in [0.1, 0.15) is 5.82 Å². The van der Waals surface area contributed by atoms with Crippen molar-refractivity contribution in [2.75, 3.05) is 4.43 Å². The maximum atomic E-state index is 13.6. The standard InChI is InChI=1S/C16H22FIO/c1-2-13-7-9-16(12-18,10-8-13)19-11-14-5-3-4-6-15(14)17/h3-6,13H,2,7-12H2,1H3. The predicted molar refractivity (Wildman–Crippen MR) is 85.1 cm³/mol. The molecule has 3 heteroatoms. The lowest BCUT2D eigenvalue weighted by Gasteiger charge is -2.39. The van der Waals surface area contributed by atoms with Crippen molar-refractivity contribution >= 4 is 22.6 Å². The Balaban J connectivity index is 1.95. The van der Waals surface area contributed by atoms with Crippen molar-refractivity contribution in [3.8, 4) is 0 Å². The van der Waals surface area contributed by atoms with Crippen LogP contribution in [0.15, 0.2) is 24.3 Å². The molecule has 0 aliphatic heterocycles. The molecule has 1 fully saturated rings. The summed E-state index contributed by atoms with van der Waals surface area (Å²) in [7, 11) is 0. The van der Waals surface area contributed by atoms with Gasteiger partial charge in [0, 0.05) is 9.99 Å². The minimum atomic E-state index is -0.159. The summed E-state index contributed by atoms with van der Waals surface area (Å²) in [5.41, 5.74) is 0.637. The molecule has 106 valence electrons. The third kappa shape index (κ3) is 3.91. The molecule has 0 unspecified atom stereocenters. The van der Waals surface area contributed by atoms with Crippen LogP contribution in [-0.4, -0.2) is 10.0 Å².